The zero-order valence-corrected chi connectivity index (χ0v) is 12.5. The van der Waals surface area contributed by atoms with E-state index in [4.69, 9.17) is 0 Å². The molecule has 106 valence electrons. The van der Waals surface area contributed by atoms with Crippen LogP contribution in [0.5, 0.6) is 0 Å². The SMILES string of the molecule is CNC(c1ccc2nc(C)ccc2c1)C1CCCCC1. The molecule has 1 fully saturated rings. The quantitative estimate of drug-likeness (QED) is 0.893. The van der Waals surface area contributed by atoms with Crippen LogP contribution in [0, 0.1) is 12.8 Å². The first-order valence-corrected chi connectivity index (χ1v) is 7.82. The fourth-order valence-electron chi connectivity index (χ4n) is 3.58. The Balaban J connectivity index is 1.92. The van der Waals surface area contributed by atoms with Gasteiger partial charge in [0.15, 0.2) is 0 Å². The van der Waals surface area contributed by atoms with Crippen LogP contribution in [-0.4, -0.2) is 12.0 Å². The minimum absolute atomic E-state index is 0.487. The molecule has 0 amide bonds. The predicted octanol–water partition coefficient (Wildman–Crippen LogP) is 4.38. The first-order valence-electron chi connectivity index (χ1n) is 7.82. The summed E-state index contributed by atoms with van der Waals surface area (Å²) in [5.74, 6) is 0.782. The molecule has 3 rings (SSSR count). The summed E-state index contributed by atoms with van der Waals surface area (Å²) in [5, 5.41) is 4.80. The van der Waals surface area contributed by atoms with E-state index in [9.17, 15) is 0 Å². The fraction of sp³-hybridized carbons (Fsp3) is 0.500. The van der Waals surface area contributed by atoms with E-state index in [0.29, 0.717) is 6.04 Å². The van der Waals surface area contributed by atoms with Crippen LogP contribution in [0.3, 0.4) is 0 Å². The van der Waals surface area contributed by atoms with Gasteiger partial charge in [0.2, 0.25) is 0 Å². The lowest BCUT2D eigenvalue weighted by Crippen LogP contribution is -2.26. The summed E-state index contributed by atoms with van der Waals surface area (Å²) < 4.78 is 0. The molecule has 0 bridgehead atoms. The van der Waals surface area contributed by atoms with Crippen molar-refractivity contribution in [2.45, 2.75) is 45.1 Å². The van der Waals surface area contributed by atoms with Crippen LogP contribution in [0.15, 0.2) is 30.3 Å². The number of nitrogens with zero attached hydrogens (tertiary/aromatic N) is 1. The molecule has 0 saturated heterocycles. The molecule has 1 saturated carbocycles. The van der Waals surface area contributed by atoms with Gasteiger partial charge in [-0.2, -0.15) is 0 Å². The Kier molecular flexibility index (Phi) is 4.02. The number of nitrogens with one attached hydrogen (secondary N) is 1. The lowest BCUT2D eigenvalue weighted by Gasteiger charge is -2.30. The van der Waals surface area contributed by atoms with E-state index in [1.54, 1.807) is 0 Å². The van der Waals surface area contributed by atoms with Gasteiger partial charge in [-0.25, -0.2) is 0 Å². The van der Waals surface area contributed by atoms with E-state index < -0.39 is 0 Å². The van der Waals surface area contributed by atoms with Crippen molar-refractivity contribution in [2.24, 2.45) is 5.92 Å². The number of aromatic nitrogens is 1. The lowest BCUT2D eigenvalue weighted by molar-refractivity contribution is 0.282. The largest absolute Gasteiger partial charge is 0.313 e. The highest BCUT2D eigenvalue weighted by molar-refractivity contribution is 5.79. The molecule has 1 atom stereocenters. The highest BCUT2D eigenvalue weighted by Crippen LogP contribution is 2.35. The van der Waals surface area contributed by atoms with E-state index in [1.807, 2.05) is 6.92 Å². The third-order valence-corrected chi connectivity index (χ3v) is 4.64. The summed E-state index contributed by atoms with van der Waals surface area (Å²) in [6.07, 6.45) is 6.90. The summed E-state index contributed by atoms with van der Waals surface area (Å²) in [5.41, 5.74) is 3.60. The summed E-state index contributed by atoms with van der Waals surface area (Å²) in [7, 11) is 2.09. The van der Waals surface area contributed by atoms with Crippen molar-refractivity contribution < 1.29 is 0 Å². The molecule has 0 spiro atoms. The minimum atomic E-state index is 0.487. The topological polar surface area (TPSA) is 24.9 Å². The third kappa shape index (κ3) is 2.71. The van der Waals surface area contributed by atoms with Gasteiger partial charge in [-0.3, -0.25) is 4.98 Å². The minimum Gasteiger partial charge on any atom is -0.313 e. The number of pyridine rings is 1. The van der Waals surface area contributed by atoms with Crippen molar-refractivity contribution in [3.8, 4) is 0 Å². The fourth-order valence-corrected chi connectivity index (χ4v) is 3.58. The molecule has 1 aliphatic carbocycles. The van der Waals surface area contributed by atoms with Crippen LogP contribution >= 0.6 is 0 Å². The molecule has 2 aromatic rings. The van der Waals surface area contributed by atoms with Crippen molar-refractivity contribution in [3.05, 3.63) is 41.6 Å². The van der Waals surface area contributed by atoms with Crippen LogP contribution in [0.1, 0.15) is 49.4 Å². The van der Waals surface area contributed by atoms with Gasteiger partial charge in [0.05, 0.1) is 5.52 Å². The highest BCUT2D eigenvalue weighted by Gasteiger charge is 2.23. The number of hydrogen-bond acceptors (Lipinski definition) is 2. The molecule has 2 nitrogen and oxygen atoms in total. The average Bonchev–Trinajstić information content (AvgIpc) is 2.49. The Bertz CT molecular complexity index is 585. The Labute approximate surface area is 121 Å². The number of fused-ring (bicyclic) bond motifs is 1. The van der Waals surface area contributed by atoms with Crippen LogP contribution in [0.4, 0.5) is 0 Å². The molecule has 1 N–H and O–H groups in total. The van der Waals surface area contributed by atoms with Crippen LogP contribution in [0.25, 0.3) is 10.9 Å². The lowest BCUT2D eigenvalue weighted by atomic mass is 9.81. The zero-order valence-electron chi connectivity index (χ0n) is 12.5. The second-order valence-electron chi connectivity index (χ2n) is 6.07. The molecule has 1 unspecified atom stereocenters. The van der Waals surface area contributed by atoms with Crippen LogP contribution in [0.2, 0.25) is 0 Å². The molecule has 20 heavy (non-hydrogen) atoms. The normalized spacial score (nSPS) is 18.3. The first kappa shape index (κ1) is 13.6. The number of hydrogen-bond donors (Lipinski definition) is 1. The van der Waals surface area contributed by atoms with E-state index in [-0.39, 0.29) is 0 Å². The molecular weight excluding hydrogens is 244 g/mol. The van der Waals surface area contributed by atoms with Crippen LogP contribution in [-0.2, 0) is 0 Å². The van der Waals surface area contributed by atoms with Gasteiger partial charge in [0.1, 0.15) is 0 Å². The Morgan fingerprint density at radius 1 is 1.10 bits per heavy atom. The third-order valence-electron chi connectivity index (χ3n) is 4.64. The van der Waals surface area contributed by atoms with Crippen molar-refractivity contribution in [1.29, 1.82) is 0 Å². The van der Waals surface area contributed by atoms with Gasteiger partial charge in [0.25, 0.3) is 0 Å². The smallest absolute Gasteiger partial charge is 0.0705 e. The summed E-state index contributed by atoms with van der Waals surface area (Å²) in [6, 6.07) is 11.5. The molecule has 1 aromatic carbocycles. The van der Waals surface area contributed by atoms with Crippen LogP contribution < -0.4 is 5.32 Å². The second kappa shape index (κ2) is 5.92. The van der Waals surface area contributed by atoms with E-state index >= 15 is 0 Å². The maximum atomic E-state index is 4.59. The van der Waals surface area contributed by atoms with E-state index in [1.165, 1.54) is 43.1 Å². The molecule has 0 aliphatic heterocycles. The molecule has 1 heterocycles. The number of aryl methyl sites for hydroxylation is 1. The van der Waals surface area contributed by atoms with Gasteiger partial charge in [-0.15, -0.1) is 0 Å². The summed E-state index contributed by atoms with van der Waals surface area (Å²) >= 11 is 0. The van der Waals surface area contributed by atoms with E-state index in [0.717, 1.165) is 17.1 Å². The zero-order chi connectivity index (χ0) is 13.9. The van der Waals surface area contributed by atoms with Crippen molar-refractivity contribution in [3.63, 3.8) is 0 Å². The first-order chi connectivity index (χ1) is 9.78. The van der Waals surface area contributed by atoms with Gasteiger partial charge in [-0.05, 0) is 56.5 Å². The predicted molar refractivity (Wildman–Crippen MR) is 84.9 cm³/mol. The summed E-state index contributed by atoms with van der Waals surface area (Å²) in [6.45, 7) is 2.05. The van der Waals surface area contributed by atoms with Crippen molar-refractivity contribution in [2.75, 3.05) is 7.05 Å². The Morgan fingerprint density at radius 2 is 1.90 bits per heavy atom. The standard InChI is InChI=1S/C18H24N2/c1-13-8-9-15-12-16(10-11-17(15)20-13)18(19-2)14-6-4-3-5-7-14/h8-12,14,18-19H,3-7H2,1-2H3. The summed E-state index contributed by atoms with van der Waals surface area (Å²) in [4.78, 5) is 4.59. The van der Waals surface area contributed by atoms with Crippen molar-refractivity contribution in [1.82, 2.24) is 10.3 Å². The molecule has 0 radical (unpaired) electrons. The molecule has 1 aromatic heterocycles. The maximum Gasteiger partial charge on any atom is 0.0705 e. The van der Waals surface area contributed by atoms with E-state index in [2.05, 4.69) is 47.7 Å². The maximum absolute atomic E-state index is 4.59. The molecule has 2 heteroatoms. The van der Waals surface area contributed by atoms with Gasteiger partial charge in [0, 0.05) is 17.1 Å². The number of benzene rings is 1. The van der Waals surface area contributed by atoms with Gasteiger partial charge < -0.3 is 5.32 Å². The van der Waals surface area contributed by atoms with Gasteiger partial charge in [-0.1, -0.05) is 31.4 Å². The Hall–Kier alpha value is -1.41. The number of rotatable bonds is 3. The monoisotopic (exact) mass is 268 g/mol. The Morgan fingerprint density at radius 3 is 2.65 bits per heavy atom. The second-order valence-corrected chi connectivity index (χ2v) is 6.07. The highest BCUT2D eigenvalue weighted by atomic mass is 14.9. The van der Waals surface area contributed by atoms with Crippen molar-refractivity contribution >= 4 is 10.9 Å². The average molecular weight is 268 g/mol. The van der Waals surface area contributed by atoms with Gasteiger partial charge >= 0.3 is 0 Å². The molecular formula is C18H24N2. The molecule has 1 aliphatic rings.